The highest BCUT2D eigenvalue weighted by molar-refractivity contribution is 7.92. The average molecular weight is 437 g/mol. The number of aryl methyl sites for hydroxylation is 4. The molecule has 0 unspecified atom stereocenters. The Labute approximate surface area is 184 Å². The van der Waals surface area contributed by atoms with Crippen LogP contribution in [-0.4, -0.2) is 14.3 Å². The number of benzene rings is 3. The molecule has 0 heterocycles. The first kappa shape index (κ1) is 22.6. The van der Waals surface area contributed by atoms with Gasteiger partial charge < -0.3 is 5.32 Å². The number of rotatable bonds is 6. The van der Waals surface area contributed by atoms with E-state index >= 15 is 0 Å². The number of hydrogen-bond acceptors (Lipinski definition) is 3. The van der Waals surface area contributed by atoms with Crippen LogP contribution < -0.4 is 10.0 Å². The number of nitrogens with one attached hydrogen (secondary N) is 2. The molecular formula is C25H28N2O3S. The predicted octanol–water partition coefficient (Wildman–Crippen LogP) is 5.21. The number of anilines is 1. The van der Waals surface area contributed by atoms with E-state index in [1.54, 1.807) is 31.2 Å². The van der Waals surface area contributed by atoms with Gasteiger partial charge in [0.05, 0.1) is 16.6 Å². The van der Waals surface area contributed by atoms with Crippen molar-refractivity contribution in [3.63, 3.8) is 0 Å². The van der Waals surface area contributed by atoms with Gasteiger partial charge in [0.1, 0.15) is 0 Å². The highest BCUT2D eigenvalue weighted by Crippen LogP contribution is 2.24. The summed E-state index contributed by atoms with van der Waals surface area (Å²) in [7, 11) is -3.84. The minimum Gasteiger partial charge on any atom is -0.346 e. The van der Waals surface area contributed by atoms with Gasteiger partial charge in [-0.1, -0.05) is 48.0 Å². The molecule has 0 saturated heterocycles. The third-order valence-corrected chi connectivity index (χ3v) is 6.88. The minimum absolute atomic E-state index is 0.0857. The van der Waals surface area contributed by atoms with Gasteiger partial charge in [-0.2, -0.15) is 0 Å². The first-order valence-corrected chi connectivity index (χ1v) is 11.6. The third kappa shape index (κ3) is 5.14. The summed E-state index contributed by atoms with van der Waals surface area (Å²) < 4.78 is 28.7. The topological polar surface area (TPSA) is 75.3 Å². The van der Waals surface area contributed by atoms with Gasteiger partial charge >= 0.3 is 0 Å². The van der Waals surface area contributed by atoms with Crippen LogP contribution in [-0.2, 0) is 10.0 Å². The third-order valence-electron chi connectivity index (χ3n) is 5.37. The zero-order chi connectivity index (χ0) is 22.8. The van der Waals surface area contributed by atoms with E-state index < -0.39 is 10.0 Å². The van der Waals surface area contributed by atoms with E-state index in [9.17, 15) is 13.2 Å². The molecule has 0 saturated carbocycles. The number of carbonyl (C=O) groups excluding carboxylic acids is 1. The second-order valence-electron chi connectivity index (χ2n) is 7.96. The van der Waals surface area contributed by atoms with Gasteiger partial charge in [0.2, 0.25) is 0 Å². The van der Waals surface area contributed by atoms with E-state index in [2.05, 4.69) is 16.1 Å². The Morgan fingerprint density at radius 1 is 0.839 bits per heavy atom. The standard InChI is InChI=1S/C25H28N2O3S/c1-16-10-13-22(19(4)14-16)20(5)26-25(28)21-12-11-18(3)24(15-21)31(29,30)27-23-9-7-6-8-17(23)2/h6-15,20,27H,1-5H3,(H,26,28)/t20-/m1/s1. The monoisotopic (exact) mass is 436 g/mol. The summed E-state index contributed by atoms with van der Waals surface area (Å²) in [5, 5.41) is 2.98. The minimum atomic E-state index is -3.84. The Balaban J connectivity index is 1.86. The molecule has 1 atom stereocenters. The lowest BCUT2D eigenvalue weighted by atomic mass is 10.00. The van der Waals surface area contributed by atoms with Gasteiger partial charge in [-0.05, 0) is 75.1 Å². The predicted molar refractivity (Wildman–Crippen MR) is 125 cm³/mol. The fourth-order valence-electron chi connectivity index (χ4n) is 3.59. The molecule has 31 heavy (non-hydrogen) atoms. The van der Waals surface area contributed by atoms with Gasteiger partial charge in [0.25, 0.3) is 15.9 Å². The van der Waals surface area contributed by atoms with Crippen molar-refractivity contribution < 1.29 is 13.2 Å². The Bertz CT molecular complexity index is 1230. The maximum absolute atomic E-state index is 13.0. The lowest BCUT2D eigenvalue weighted by Crippen LogP contribution is -2.27. The van der Waals surface area contributed by atoms with E-state index in [4.69, 9.17) is 0 Å². The molecule has 3 aromatic rings. The number of amides is 1. The maximum atomic E-state index is 13.0. The summed E-state index contributed by atoms with van der Waals surface area (Å²) >= 11 is 0. The highest BCUT2D eigenvalue weighted by atomic mass is 32.2. The summed E-state index contributed by atoms with van der Waals surface area (Å²) in [5.41, 5.74) is 5.49. The van der Waals surface area contributed by atoms with Crippen molar-refractivity contribution in [3.05, 3.63) is 94.0 Å². The van der Waals surface area contributed by atoms with E-state index in [0.717, 1.165) is 22.3 Å². The van der Waals surface area contributed by atoms with Crippen LogP contribution in [0.4, 0.5) is 5.69 Å². The van der Waals surface area contributed by atoms with Gasteiger partial charge in [0, 0.05) is 5.56 Å². The zero-order valence-corrected chi connectivity index (χ0v) is 19.3. The summed E-state index contributed by atoms with van der Waals surface area (Å²) in [5.74, 6) is -0.320. The molecule has 3 rings (SSSR count). The van der Waals surface area contributed by atoms with E-state index in [1.807, 2.05) is 52.0 Å². The largest absolute Gasteiger partial charge is 0.346 e. The van der Waals surface area contributed by atoms with Crippen LogP contribution in [0.25, 0.3) is 0 Å². The van der Waals surface area contributed by atoms with Crippen LogP contribution >= 0.6 is 0 Å². The van der Waals surface area contributed by atoms with Crippen LogP contribution in [0.3, 0.4) is 0 Å². The quantitative estimate of drug-likeness (QED) is 0.557. The van der Waals surface area contributed by atoms with Crippen molar-refractivity contribution in [2.24, 2.45) is 0 Å². The van der Waals surface area contributed by atoms with E-state index in [0.29, 0.717) is 16.8 Å². The van der Waals surface area contributed by atoms with Crippen molar-refractivity contribution in [3.8, 4) is 0 Å². The van der Waals surface area contributed by atoms with Crippen molar-refractivity contribution in [2.45, 2.75) is 45.6 Å². The Kier molecular flexibility index (Phi) is 6.51. The lowest BCUT2D eigenvalue weighted by molar-refractivity contribution is 0.0939. The number of hydrogen-bond donors (Lipinski definition) is 2. The molecule has 2 N–H and O–H groups in total. The second-order valence-corrected chi connectivity index (χ2v) is 9.61. The van der Waals surface area contributed by atoms with E-state index in [1.165, 1.54) is 6.07 Å². The first-order valence-electron chi connectivity index (χ1n) is 10.2. The molecule has 6 heteroatoms. The second kappa shape index (κ2) is 8.94. The lowest BCUT2D eigenvalue weighted by Gasteiger charge is -2.18. The van der Waals surface area contributed by atoms with Crippen molar-refractivity contribution >= 4 is 21.6 Å². The Hall–Kier alpha value is -3.12. The molecule has 162 valence electrons. The smallest absolute Gasteiger partial charge is 0.262 e. The van der Waals surface area contributed by atoms with E-state index in [-0.39, 0.29) is 16.8 Å². The molecule has 0 aliphatic rings. The molecule has 3 aromatic carbocycles. The molecule has 0 bridgehead atoms. The highest BCUT2D eigenvalue weighted by Gasteiger charge is 2.21. The normalized spacial score (nSPS) is 12.3. The van der Waals surface area contributed by atoms with Crippen LogP contribution in [0.2, 0.25) is 0 Å². The summed E-state index contributed by atoms with van der Waals surface area (Å²) in [6.07, 6.45) is 0. The molecule has 0 radical (unpaired) electrons. The number of para-hydroxylation sites is 1. The average Bonchev–Trinajstić information content (AvgIpc) is 2.69. The fraction of sp³-hybridized carbons (Fsp3) is 0.240. The van der Waals surface area contributed by atoms with Gasteiger partial charge in [-0.15, -0.1) is 0 Å². The van der Waals surface area contributed by atoms with Crippen LogP contribution in [0.15, 0.2) is 65.6 Å². The molecule has 0 fully saturated rings. The van der Waals surface area contributed by atoms with Crippen molar-refractivity contribution in [1.29, 1.82) is 0 Å². The van der Waals surface area contributed by atoms with Crippen LogP contribution in [0.1, 0.15) is 51.1 Å². The van der Waals surface area contributed by atoms with Crippen molar-refractivity contribution in [1.82, 2.24) is 5.32 Å². The Morgan fingerprint density at radius 2 is 1.55 bits per heavy atom. The fourth-order valence-corrected chi connectivity index (χ4v) is 4.99. The number of sulfonamides is 1. The summed E-state index contributed by atoms with van der Waals surface area (Å²) in [6, 6.07) is 17.8. The van der Waals surface area contributed by atoms with Crippen molar-refractivity contribution in [2.75, 3.05) is 4.72 Å². The van der Waals surface area contributed by atoms with Gasteiger partial charge in [-0.3, -0.25) is 9.52 Å². The molecule has 0 aliphatic carbocycles. The molecule has 0 spiro atoms. The SMILES string of the molecule is Cc1ccc([C@@H](C)NC(=O)c2ccc(C)c(S(=O)(=O)Nc3ccccc3C)c2)c(C)c1. The molecular weight excluding hydrogens is 408 g/mol. The zero-order valence-electron chi connectivity index (χ0n) is 18.5. The molecule has 0 aliphatic heterocycles. The van der Waals surface area contributed by atoms with Gasteiger partial charge in [0.15, 0.2) is 0 Å². The van der Waals surface area contributed by atoms with Gasteiger partial charge in [-0.25, -0.2) is 8.42 Å². The summed E-state index contributed by atoms with van der Waals surface area (Å²) in [4.78, 5) is 13.0. The summed E-state index contributed by atoms with van der Waals surface area (Å²) in [6.45, 7) is 9.51. The maximum Gasteiger partial charge on any atom is 0.262 e. The molecule has 0 aromatic heterocycles. The van der Waals surface area contributed by atoms with Crippen LogP contribution in [0.5, 0.6) is 0 Å². The number of carbonyl (C=O) groups is 1. The Morgan fingerprint density at radius 3 is 2.23 bits per heavy atom. The molecule has 1 amide bonds. The first-order chi connectivity index (χ1) is 14.6. The van der Waals surface area contributed by atoms with Crippen LogP contribution in [0, 0.1) is 27.7 Å². The molecule has 5 nitrogen and oxygen atoms in total.